The second kappa shape index (κ2) is 8.72. The zero-order chi connectivity index (χ0) is 20.3. The van der Waals surface area contributed by atoms with Crippen molar-refractivity contribution in [2.45, 2.75) is 11.5 Å². The summed E-state index contributed by atoms with van der Waals surface area (Å²) in [5.74, 6) is -0.538. The van der Waals surface area contributed by atoms with Crippen LogP contribution in [0.1, 0.15) is 16.1 Å². The number of sulfonamides is 1. The molecule has 152 valence electrons. The lowest BCUT2D eigenvalue weighted by atomic mass is 10.2. The maximum absolute atomic E-state index is 12.8. The maximum Gasteiger partial charge on any atom is 0.358 e. The summed E-state index contributed by atoms with van der Waals surface area (Å²) in [4.78, 5) is 16.8. The van der Waals surface area contributed by atoms with Gasteiger partial charge in [0.25, 0.3) is 0 Å². The van der Waals surface area contributed by atoms with E-state index in [1.165, 1.54) is 21.7 Å². The Morgan fingerprint density at radius 3 is 2.79 bits per heavy atom. The molecule has 0 bridgehead atoms. The third-order valence-corrected chi connectivity index (χ3v) is 7.83. The summed E-state index contributed by atoms with van der Waals surface area (Å²) >= 11 is 2.94. The number of hydrogen-bond acceptors (Lipinski definition) is 8. The molecular weight excluding hydrogens is 432 g/mol. The Kier molecular flexibility index (Phi) is 6.07. The van der Waals surface area contributed by atoms with Gasteiger partial charge in [0.05, 0.1) is 18.1 Å². The number of carbonyl (C=O) groups is 1. The summed E-state index contributed by atoms with van der Waals surface area (Å²) in [5.41, 5.74) is 1.81. The fourth-order valence-corrected chi connectivity index (χ4v) is 5.82. The van der Waals surface area contributed by atoms with Crippen molar-refractivity contribution in [2.24, 2.45) is 0 Å². The number of hydrogen-bond donors (Lipinski definition) is 0. The average molecular weight is 451 g/mol. The summed E-state index contributed by atoms with van der Waals surface area (Å²) in [6.07, 6.45) is 0. The molecule has 0 aliphatic carbocycles. The van der Waals surface area contributed by atoms with E-state index in [0.717, 1.165) is 10.6 Å². The highest BCUT2D eigenvalue weighted by Gasteiger charge is 2.26. The Bertz CT molecular complexity index is 1090. The van der Waals surface area contributed by atoms with Crippen LogP contribution in [0.2, 0.25) is 0 Å². The van der Waals surface area contributed by atoms with Gasteiger partial charge in [-0.2, -0.15) is 15.6 Å². The smallest absolute Gasteiger partial charge is 0.358 e. The van der Waals surface area contributed by atoms with E-state index in [4.69, 9.17) is 9.47 Å². The molecule has 0 saturated carbocycles. The molecule has 1 aliphatic rings. The highest BCUT2D eigenvalue weighted by atomic mass is 32.2. The van der Waals surface area contributed by atoms with Crippen LogP contribution in [0.25, 0.3) is 10.6 Å². The molecule has 3 heterocycles. The van der Waals surface area contributed by atoms with Crippen molar-refractivity contribution in [1.29, 1.82) is 0 Å². The Morgan fingerprint density at radius 1 is 1.21 bits per heavy atom. The Balaban J connectivity index is 1.42. The molecule has 1 aromatic carbocycles. The minimum Gasteiger partial charge on any atom is -0.456 e. The molecule has 0 radical (unpaired) electrons. The lowest BCUT2D eigenvalue weighted by Crippen LogP contribution is -2.40. The SMILES string of the molecule is O=C(OCc1cccc(S(=O)(=O)N2CCOCC2)c1)c1csc(-c2ccsc2)n1. The normalized spacial score (nSPS) is 15.3. The van der Waals surface area contributed by atoms with Crippen LogP contribution in [0, 0.1) is 0 Å². The van der Waals surface area contributed by atoms with Crippen molar-refractivity contribution in [3.63, 3.8) is 0 Å². The third kappa shape index (κ3) is 4.57. The van der Waals surface area contributed by atoms with Gasteiger partial charge in [-0.05, 0) is 29.1 Å². The number of morpholine rings is 1. The summed E-state index contributed by atoms with van der Waals surface area (Å²) in [7, 11) is -3.59. The minimum atomic E-state index is -3.59. The van der Waals surface area contributed by atoms with E-state index in [-0.39, 0.29) is 17.2 Å². The fraction of sp³-hybridized carbons (Fsp3) is 0.263. The number of thiophene rings is 1. The van der Waals surface area contributed by atoms with Crippen LogP contribution in [0.5, 0.6) is 0 Å². The highest BCUT2D eigenvalue weighted by Crippen LogP contribution is 2.26. The first-order valence-electron chi connectivity index (χ1n) is 8.86. The second-order valence-corrected chi connectivity index (χ2v) is 9.87. The topological polar surface area (TPSA) is 85.8 Å². The van der Waals surface area contributed by atoms with Crippen molar-refractivity contribution >= 4 is 38.7 Å². The number of benzene rings is 1. The van der Waals surface area contributed by atoms with E-state index < -0.39 is 16.0 Å². The van der Waals surface area contributed by atoms with Gasteiger partial charge >= 0.3 is 5.97 Å². The number of rotatable bonds is 6. The molecule has 7 nitrogen and oxygen atoms in total. The van der Waals surface area contributed by atoms with Gasteiger partial charge in [0.15, 0.2) is 5.69 Å². The van der Waals surface area contributed by atoms with Gasteiger partial charge in [-0.15, -0.1) is 11.3 Å². The zero-order valence-corrected chi connectivity index (χ0v) is 17.8. The molecule has 0 N–H and O–H groups in total. The fourth-order valence-electron chi connectivity index (χ4n) is 2.84. The van der Waals surface area contributed by atoms with Crippen LogP contribution < -0.4 is 0 Å². The molecule has 4 rings (SSSR count). The Hall–Kier alpha value is -2.11. The zero-order valence-electron chi connectivity index (χ0n) is 15.3. The molecule has 10 heteroatoms. The standard InChI is InChI=1S/C19H18N2O5S3/c22-19(17-13-28-18(20-17)15-4-9-27-12-15)26-11-14-2-1-3-16(10-14)29(23,24)21-5-7-25-8-6-21/h1-4,9-10,12-13H,5-8,11H2. The number of nitrogens with zero attached hydrogens (tertiary/aromatic N) is 2. The minimum absolute atomic E-state index is 0.0311. The van der Waals surface area contributed by atoms with E-state index in [0.29, 0.717) is 31.9 Å². The van der Waals surface area contributed by atoms with Gasteiger partial charge in [0.1, 0.15) is 11.6 Å². The molecule has 1 aliphatic heterocycles. The van der Waals surface area contributed by atoms with Gasteiger partial charge in [-0.25, -0.2) is 18.2 Å². The van der Waals surface area contributed by atoms with Crippen molar-refractivity contribution in [2.75, 3.05) is 26.3 Å². The molecule has 1 saturated heterocycles. The predicted molar refractivity (Wildman–Crippen MR) is 111 cm³/mol. The van der Waals surface area contributed by atoms with Crippen molar-refractivity contribution in [3.05, 3.63) is 57.7 Å². The van der Waals surface area contributed by atoms with E-state index >= 15 is 0 Å². The number of aromatic nitrogens is 1. The highest BCUT2D eigenvalue weighted by molar-refractivity contribution is 7.89. The van der Waals surface area contributed by atoms with Crippen LogP contribution in [-0.2, 0) is 26.1 Å². The number of esters is 1. The largest absolute Gasteiger partial charge is 0.456 e. The van der Waals surface area contributed by atoms with Crippen LogP contribution in [0.4, 0.5) is 0 Å². The molecule has 0 amide bonds. The van der Waals surface area contributed by atoms with Crippen LogP contribution in [0.15, 0.2) is 51.4 Å². The summed E-state index contributed by atoms with van der Waals surface area (Å²) in [5, 5.41) is 6.34. The number of thiazole rings is 1. The summed E-state index contributed by atoms with van der Waals surface area (Å²) in [6, 6.07) is 8.40. The van der Waals surface area contributed by atoms with E-state index in [1.54, 1.807) is 34.9 Å². The molecule has 0 spiro atoms. The van der Waals surface area contributed by atoms with Gasteiger partial charge < -0.3 is 9.47 Å². The molecule has 0 unspecified atom stereocenters. The van der Waals surface area contributed by atoms with E-state index in [9.17, 15) is 13.2 Å². The van der Waals surface area contributed by atoms with Crippen LogP contribution in [0.3, 0.4) is 0 Å². The van der Waals surface area contributed by atoms with Gasteiger partial charge in [-0.3, -0.25) is 0 Å². The Labute approximate surface area is 176 Å². The Morgan fingerprint density at radius 2 is 2.03 bits per heavy atom. The number of carbonyl (C=O) groups excluding carboxylic acids is 1. The van der Waals surface area contributed by atoms with Crippen LogP contribution in [-0.4, -0.2) is 50.0 Å². The lowest BCUT2D eigenvalue weighted by Gasteiger charge is -2.26. The molecule has 1 fully saturated rings. The summed E-state index contributed by atoms with van der Waals surface area (Å²) in [6.45, 7) is 1.40. The predicted octanol–water partition coefficient (Wildman–Crippen LogP) is 3.25. The van der Waals surface area contributed by atoms with Gasteiger partial charge in [0.2, 0.25) is 10.0 Å². The second-order valence-electron chi connectivity index (χ2n) is 6.29. The first kappa shape index (κ1) is 20.2. The van der Waals surface area contributed by atoms with Crippen molar-refractivity contribution < 1.29 is 22.7 Å². The molecule has 29 heavy (non-hydrogen) atoms. The lowest BCUT2D eigenvalue weighted by molar-refractivity contribution is 0.0466. The number of ether oxygens (including phenoxy) is 2. The van der Waals surface area contributed by atoms with Crippen molar-refractivity contribution in [3.8, 4) is 10.6 Å². The maximum atomic E-state index is 12.8. The molecule has 2 aromatic heterocycles. The van der Waals surface area contributed by atoms with E-state index in [1.807, 2.05) is 16.8 Å². The van der Waals surface area contributed by atoms with Crippen molar-refractivity contribution in [1.82, 2.24) is 9.29 Å². The monoisotopic (exact) mass is 450 g/mol. The van der Waals surface area contributed by atoms with Gasteiger partial charge in [-0.1, -0.05) is 12.1 Å². The molecule has 0 atom stereocenters. The van der Waals surface area contributed by atoms with E-state index in [2.05, 4.69) is 4.98 Å². The first-order valence-corrected chi connectivity index (χ1v) is 12.1. The third-order valence-electron chi connectivity index (χ3n) is 4.36. The van der Waals surface area contributed by atoms with Crippen LogP contribution >= 0.6 is 22.7 Å². The average Bonchev–Trinajstić information content (AvgIpc) is 3.45. The molecule has 3 aromatic rings. The van der Waals surface area contributed by atoms with Gasteiger partial charge in [0, 0.05) is 29.4 Å². The molecular formula is C19H18N2O5S3. The first-order chi connectivity index (χ1) is 14.0. The summed E-state index contributed by atoms with van der Waals surface area (Å²) < 4.78 is 37.5. The quantitative estimate of drug-likeness (QED) is 0.536.